The standard InChI is InChI=1S/C51H29N3O2/c1-2-11-30(12-3-1)49-52-50(33-23-26-45-42(29-33)39-17-8-9-19-44(39)55-45)54-51(53-49)40-18-10-20-47-48(40)43-28-32(22-25-46(43)56-47)31-21-24-38-36-15-5-4-13-34(36)35-14-6-7-16-37(35)41(38)27-31/h1-29H. The van der Waals surface area contributed by atoms with E-state index in [2.05, 4.69) is 103 Å². The van der Waals surface area contributed by atoms with Crippen LogP contribution in [0.1, 0.15) is 0 Å². The fraction of sp³-hybridized carbons (Fsp3) is 0. The van der Waals surface area contributed by atoms with Gasteiger partial charge < -0.3 is 8.83 Å². The van der Waals surface area contributed by atoms with Crippen molar-refractivity contribution in [3.8, 4) is 45.3 Å². The lowest BCUT2D eigenvalue weighted by molar-refractivity contribution is 0.668. The first kappa shape index (κ1) is 30.8. The molecule has 5 heteroatoms. The average Bonchev–Trinajstić information content (AvgIpc) is 3.84. The van der Waals surface area contributed by atoms with Crippen LogP contribution < -0.4 is 0 Å². The number of nitrogens with zero attached hydrogens (tertiary/aromatic N) is 3. The third-order valence-corrected chi connectivity index (χ3v) is 11.1. The Kier molecular flexibility index (Phi) is 6.56. The van der Waals surface area contributed by atoms with E-state index in [9.17, 15) is 0 Å². The molecule has 12 aromatic rings. The highest BCUT2D eigenvalue weighted by molar-refractivity contribution is 6.26. The molecule has 12 rings (SSSR count). The number of benzene rings is 9. The van der Waals surface area contributed by atoms with Gasteiger partial charge >= 0.3 is 0 Å². The fourth-order valence-electron chi connectivity index (χ4n) is 8.49. The van der Waals surface area contributed by atoms with Gasteiger partial charge in [-0.15, -0.1) is 0 Å². The Bertz CT molecular complexity index is 3510. The Morgan fingerprint density at radius 2 is 0.750 bits per heavy atom. The Hall–Kier alpha value is -7.63. The second kappa shape index (κ2) is 11.9. The molecule has 3 heterocycles. The van der Waals surface area contributed by atoms with Crippen molar-refractivity contribution in [2.45, 2.75) is 0 Å². The zero-order valence-corrected chi connectivity index (χ0v) is 29.9. The van der Waals surface area contributed by atoms with Crippen molar-refractivity contribution in [2.24, 2.45) is 0 Å². The van der Waals surface area contributed by atoms with Crippen LogP contribution in [0.3, 0.4) is 0 Å². The van der Waals surface area contributed by atoms with Gasteiger partial charge in [-0.1, -0.05) is 127 Å². The largest absolute Gasteiger partial charge is 0.456 e. The molecule has 0 bridgehead atoms. The van der Waals surface area contributed by atoms with E-state index in [0.717, 1.165) is 71.7 Å². The molecular formula is C51H29N3O2. The molecule has 0 aliphatic rings. The first-order valence-corrected chi connectivity index (χ1v) is 18.8. The van der Waals surface area contributed by atoms with Crippen LogP contribution in [0.5, 0.6) is 0 Å². The summed E-state index contributed by atoms with van der Waals surface area (Å²) in [6.45, 7) is 0. The van der Waals surface area contributed by atoms with Crippen LogP contribution >= 0.6 is 0 Å². The van der Waals surface area contributed by atoms with Gasteiger partial charge in [0.15, 0.2) is 17.5 Å². The van der Waals surface area contributed by atoms with E-state index in [1.165, 1.54) is 32.3 Å². The summed E-state index contributed by atoms with van der Waals surface area (Å²) >= 11 is 0. The lowest BCUT2D eigenvalue weighted by Crippen LogP contribution is -2.00. The fourth-order valence-corrected chi connectivity index (χ4v) is 8.49. The molecule has 0 N–H and O–H groups in total. The van der Waals surface area contributed by atoms with E-state index < -0.39 is 0 Å². The molecule has 260 valence electrons. The molecule has 0 unspecified atom stereocenters. The predicted molar refractivity (Wildman–Crippen MR) is 229 cm³/mol. The van der Waals surface area contributed by atoms with E-state index in [4.69, 9.17) is 23.8 Å². The lowest BCUT2D eigenvalue weighted by atomic mass is 9.92. The summed E-state index contributed by atoms with van der Waals surface area (Å²) in [4.78, 5) is 15.3. The average molecular weight is 716 g/mol. The molecule has 0 saturated carbocycles. The third kappa shape index (κ3) is 4.71. The maximum atomic E-state index is 6.51. The maximum Gasteiger partial charge on any atom is 0.164 e. The quantitative estimate of drug-likeness (QED) is 0.170. The zero-order chi connectivity index (χ0) is 36.7. The van der Waals surface area contributed by atoms with Crippen molar-refractivity contribution in [1.29, 1.82) is 0 Å². The van der Waals surface area contributed by atoms with Crippen LogP contribution in [0.2, 0.25) is 0 Å². The van der Waals surface area contributed by atoms with Crippen LogP contribution in [-0.2, 0) is 0 Å². The van der Waals surface area contributed by atoms with Crippen LogP contribution in [0.25, 0.3) is 121 Å². The second-order valence-corrected chi connectivity index (χ2v) is 14.3. The lowest BCUT2D eigenvalue weighted by Gasteiger charge is -2.12. The Balaban J connectivity index is 1.06. The Labute approximate surface area is 320 Å². The highest BCUT2D eigenvalue weighted by Gasteiger charge is 2.19. The first-order valence-electron chi connectivity index (χ1n) is 18.8. The molecule has 0 amide bonds. The van der Waals surface area contributed by atoms with Gasteiger partial charge in [-0.3, -0.25) is 0 Å². The number of aromatic nitrogens is 3. The highest BCUT2D eigenvalue weighted by Crippen LogP contribution is 2.41. The summed E-state index contributed by atoms with van der Waals surface area (Å²) in [5, 5.41) is 11.6. The summed E-state index contributed by atoms with van der Waals surface area (Å²) in [7, 11) is 0. The van der Waals surface area contributed by atoms with E-state index in [-0.39, 0.29) is 0 Å². The Morgan fingerprint density at radius 1 is 0.268 bits per heavy atom. The first-order chi connectivity index (χ1) is 27.7. The third-order valence-electron chi connectivity index (χ3n) is 11.1. The molecule has 0 saturated heterocycles. The van der Waals surface area contributed by atoms with Crippen molar-refractivity contribution < 1.29 is 8.83 Å². The normalized spacial score (nSPS) is 11.9. The maximum absolute atomic E-state index is 6.51. The van der Waals surface area contributed by atoms with Gasteiger partial charge in [0, 0.05) is 38.2 Å². The second-order valence-electron chi connectivity index (χ2n) is 14.3. The van der Waals surface area contributed by atoms with Gasteiger partial charge in [0.25, 0.3) is 0 Å². The summed E-state index contributed by atoms with van der Waals surface area (Å²) in [5.74, 6) is 1.76. The van der Waals surface area contributed by atoms with Gasteiger partial charge in [-0.25, -0.2) is 15.0 Å². The molecule has 3 aromatic heterocycles. The molecule has 56 heavy (non-hydrogen) atoms. The van der Waals surface area contributed by atoms with Gasteiger partial charge in [0.1, 0.15) is 22.3 Å². The van der Waals surface area contributed by atoms with Gasteiger partial charge in [-0.05, 0) is 92.0 Å². The minimum absolute atomic E-state index is 0.578. The van der Waals surface area contributed by atoms with Crippen molar-refractivity contribution >= 4 is 76.2 Å². The van der Waals surface area contributed by atoms with Crippen molar-refractivity contribution in [3.63, 3.8) is 0 Å². The van der Waals surface area contributed by atoms with Crippen molar-refractivity contribution in [1.82, 2.24) is 15.0 Å². The van der Waals surface area contributed by atoms with Crippen LogP contribution in [0, 0.1) is 0 Å². The molecule has 0 spiro atoms. The molecule has 0 aliphatic carbocycles. The van der Waals surface area contributed by atoms with Gasteiger partial charge in [-0.2, -0.15) is 0 Å². The minimum atomic E-state index is 0.578. The van der Waals surface area contributed by atoms with Crippen LogP contribution in [0.15, 0.2) is 185 Å². The topological polar surface area (TPSA) is 65.0 Å². The summed E-state index contributed by atoms with van der Waals surface area (Å²) in [5.41, 5.74) is 8.19. The number of fused-ring (bicyclic) bond motifs is 12. The summed E-state index contributed by atoms with van der Waals surface area (Å²) in [6, 6.07) is 61.1. The molecule has 0 radical (unpaired) electrons. The molecule has 9 aromatic carbocycles. The number of hydrogen-bond acceptors (Lipinski definition) is 5. The molecule has 0 fully saturated rings. The van der Waals surface area contributed by atoms with E-state index in [1.807, 2.05) is 72.8 Å². The summed E-state index contributed by atoms with van der Waals surface area (Å²) < 4.78 is 12.7. The summed E-state index contributed by atoms with van der Waals surface area (Å²) in [6.07, 6.45) is 0. The van der Waals surface area contributed by atoms with E-state index in [1.54, 1.807) is 0 Å². The monoisotopic (exact) mass is 715 g/mol. The number of para-hydroxylation sites is 1. The van der Waals surface area contributed by atoms with Gasteiger partial charge in [0.2, 0.25) is 0 Å². The molecule has 0 aliphatic heterocycles. The van der Waals surface area contributed by atoms with E-state index >= 15 is 0 Å². The minimum Gasteiger partial charge on any atom is -0.456 e. The molecule has 5 nitrogen and oxygen atoms in total. The van der Waals surface area contributed by atoms with Crippen LogP contribution in [0.4, 0.5) is 0 Å². The number of hydrogen-bond donors (Lipinski definition) is 0. The predicted octanol–water partition coefficient (Wildman–Crippen LogP) is 13.8. The number of rotatable bonds is 4. The van der Waals surface area contributed by atoms with E-state index in [0.29, 0.717) is 17.5 Å². The number of furan rings is 2. The molecule has 0 atom stereocenters. The Morgan fingerprint density at radius 3 is 1.50 bits per heavy atom. The molecular weight excluding hydrogens is 687 g/mol. The van der Waals surface area contributed by atoms with Crippen molar-refractivity contribution in [2.75, 3.05) is 0 Å². The van der Waals surface area contributed by atoms with Crippen LogP contribution in [-0.4, -0.2) is 15.0 Å². The SMILES string of the molecule is c1ccc(-c2nc(-c3ccc4oc5ccccc5c4c3)nc(-c3cccc4oc5ccc(-c6ccc7c8ccccc8c8ccccc8c7c6)cc5c34)n2)cc1. The zero-order valence-electron chi connectivity index (χ0n) is 29.9. The van der Waals surface area contributed by atoms with Crippen molar-refractivity contribution in [3.05, 3.63) is 176 Å². The smallest absolute Gasteiger partial charge is 0.164 e. The van der Waals surface area contributed by atoms with Gasteiger partial charge in [0.05, 0.1) is 0 Å². The highest BCUT2D eigenvalue weighted by atomic mass is 16.3.